The van der Waals surface area contributed by atoms with Crippen LogP contribution in [0.15, 0.2) is 29.6 Å². The third-order valence-electron chi connectivity index (χ3n) is 2.63. The third-order valence-corrected chi connectivity index (χ3v) is 3.56. The highest BCUT2D eigenvalue weighted by atomic mass is 32.1. The van der Waals surface area contributed by atoms with E-state index in [9.17, 15) is 15.0 Å². The van der Waals surface area contributed by atoms with E-state index >= 15 is 0 Å². The summed E-state index contributed by atoms with van der Waals surface area (Å²) >= 11 is 1.45. The van der Waals surface area contributed by atoms with Crippen LogP contribution in [0.5, 0.6) is 11.5 Å². The van der Waals surface area contributed by atoms with Crippen molar-refractivity contribution >= 4 is 17.2 Å². The summed E-state index contributed by atoms with van der Waals surface area (Å²) < 4.78 is 0. The maximum atomic E-state index is 11.9. The van der Waals surface area contributed by atoms with Crippen molar-refractivity contribution < 1.29 is 20.1 Å². The number of hydrogen-bond donors (Lipinski definition) is 4. The minimum absolute atomic E-state index is 0.188. The lowest BCUT2D eigenvalue weighted by Gasteiger charge is -2.05. The summed E-state index contributed by atoms with van der Waals surface area (Å²) in [5.41, 5.74) is 1.06. The molecular formula is C15H13NO4S. The predicted octanol–water partition coefficient (Wildman–Crippen LogP) is 1.43. The van der Waals surface area contributed by atoms with Crippen molar-refractivity contribution in [3.63, 3.8) is 0 Å². The van der Waals surface area contributed by atoms with Crippen LogP contribution in [0.4, 0.5) is 0 Å². The van der Waals surface area contributed by atoms with Crippen LogP contribution < -0.4 is 5.32 Å². The Morgan fingerprint density at radius 3 is 2.76 bits per heavy atom. The zero-order chi connectivity index (χ0) is 15.2. The minimum atomic E-state index is -0.346. The number of aliphatic hydroxyl groups excluding tert-OH is 1. The first-order valence-corrected chi connectivity index (χ1v) is 6.95. The summed E-state index contributed by atoms with van der Waals surface area (Å²) in [6, 6.07) is 5.73. The molecule has 0 aliphatic rings. The lowest BCUT2D eigenvalue weighted by molar-refractivity contribution is 0.0951. The van der Waals surface area contributed by atoms with Crippen molar-refractivity contribution in [1.82, 2.24) is 5.32 Å². The van der Waals surface area contributed by atoms with E-state index in [0.29, 0.717) is 6.54 Å². The second kappa shape index (κ2) is 6.79. The van der Waals surface area contributed by atoms with Gasteiger partial charge >= 0.3 is 0 Å². The van der Waals surface area contributed by atoms with Crippen molar-refractivity contribution in [3.8, 4) is 23.3 Å². The average molecular weight is 303 g/mol. The van der Waals surface area contributed by atoms with Crippen LogP contribution in [-0.2, 0) is 6.54 Å². The molecule has 0 bridgehead atoms. The molecule has 0 unspecified atom stereocenters. The average Bonchev–Trinajstić information content (AvgIpc) is 2.93. The number of amides is 1. The van der Waals surface area contributed by atoms with Gasteiger partial charge in [-0.1, -0.05) is 11.8 Å². The van der Waals surface area contributed by atoms with Gasteiger partial charge in [0.05, 0.1) is 6.54 Å². The van der Waals surface area contributed by atoms with E-state index in [2.05, 4.69) is 17.2 Å². The molecule has 0 spiro atoms. The van der Waals surface area contributed by atoms with E-state index in [4.69, 9.17) is 5.11 Å². The summed E-state index contributed by atoms with van der Waals surface area (Å²) in [6.07, 6.45) is 0. The fourth-order valence-electron chi connectivity index (χ4n) is 1.61. The van der Waals surface area contributed by atoms with E-state index in [1.165, 1.54) is 29.5 Å². The number of aromatic hydroxyl groups is 2. The molecule has 1 aromatic heterocycles. The number of thiophene rings is 1. The predicted molar refractivity (Wildman–Crippen MR) is 79.2 cm³/mol. The Morgan fingerprint density at radius 1 is 1.24 bits per heavy atom. The Kier molecular flexibility index (Phi) is 4.82. The van der Waals surface area contributed by atoms with Gasteiger partial charge in [-0.25, -0.2) is 0 Å². The van der Waals surface area contributed by atoms with Crippen LogP contribution in [0.1, 0.15) is 20.8 Å². The van der Waals surface area contributed by atoms with Gasteiger partial charge in [0.15, 0.2) is 11.5 Å². The quantitative estimate of drug-likeness (QED) is 0.510. The van der Waals surface area contributed by atoms with Gasteiger partial charge in [0.2, 0.25) is 0 Å². The lowest BCUT2D eigenvalue weighted by atomic mass is 10.2. The first kappa shape index (κ1) is 14.9. The van der Waals surface area contributed by atoms with Crippen LogP contribution in [0.2, 0.25) is 0 Å². The standard InChI is InChI=1S/C15H13NO4S/c17-5-1-2-10-6-12(21-9-10)8-16-15(20)11-3-4-13(18)14(19)7-11/h3-4,6-7,9,17-19H,5,8H2,(H,16,20). The van der Waals surface area contributed by atoms with E-state index in [-0.39, 0.29) is 29.6 Å². The van der Waals surface area contributed by atoms with Gasteiger partial charge in [-0.05, 0) is 24.3 Å². The monoisotopic (exact) mass is 303 g/mol. The van der Waals surface area contributed by atoms with Crippen molar-refractivity contribution in [1.29, 1.82) is 0 Å². The van der Waals surface area contributed by atoms with Crippen molar-refractivity contribution in [2.75, 3.05) is 6.61 Å². The normalized spacial score (nSPS) is 9.76. The van der Waals surface area contributed by atoms with E-state index < -0.39 is 0 Å². The van der Waals surface area contributed by atoms with Crippen molar-refractivity contribution in [3.05, 3.63) is 45.6 Å². The molecule has 0 radical (unpaired) electrons. The number of hydrogen-bond acceptors (Lipinski definition) is 5. The zero-order valence-electron chi connectivity index (χ0n) is 11.0. The number of carbonyl (C=O) groups excluding carboxylic acids is 1. The molecule has 0 saturated heterocycles. The Morgan fingerprint density at radius 2 is 2.05 bits per heavy atom. The maximum Gasteiger partial charge on any atom is 0.251 e. The molecule has 1 aromatic carbocycles. The number of carbonyl (C=O) groups is 1. The SMILES string of the molecule is O=C(NCc1cc(C#CCO)cs1)c1ccc(O)c(O)c1. The van der Waals surface area contributed by atoms with Crippen LogP contribution >= 0.6 is 11.3 Å². The van der Waals surface area contributed by atoms with Crippen molar-refractivity contribution in [2.45, 2.75) is 6.54 Å². The lowest BCUT2D eigenvalue weighted by Crippen LogP contribution is -2.22. The molecule has 0 fully saturated rings. The largest absolute Gasteiger partial charge is 0.504 e. The number of phenols is 2. The van der Waals surface area contributed by atoms with Crippen LogP contribution in [0.25, 0.3) is 0 Å². The molecule has 1 heterocycles. The van der Waals surface area contributed by atoms with Crippen LogP contribution in [-0.4, -0.2) is 27.8 Å². The van der Waals surface area contributed by atoms with Gasteiger partial charge in [0.1, 0.15) is 6.61 Å². The molecular weight excluding hydrogens is 290 g/mol. The smallest absolute Gasteiger partial charge is 0.251 e. The first-order chi connectivity index (χ1) is 10.1. The molecule has 0 aliphatic carbocycles. The molecule has 108 valence electrons. The van der Waals surface area contributed by atoms with Crippen LogP contribution in [0.3, 0.4) is 0 Å². The molecule has 1 amide bonds. The molecule has 0 atom stereocenters. The topological polar surface area (TPSA) is 89.8 Å². The summed E-state index contributed by atoms with van der Waals surface area (Å²) in [5.74, 6) is 4.39. The highest BCUT2D eigenvalue weighted by Gasteiger charge is 2.09. The number of rotatable bonds is 3. The fraction of sp³-hybridized carbons (Fsp3) is 0.133. The Hall–Kier alpha value is -2.49. The second-order valence-corrected chi connectivity index (χ2v) is 5.14. The summed E-state index contributed by atoms with van der Waals surface area (Å²) in [7, 11) is 0. The summed E-state index contributed by atoms with van der Waals surface area (Å²) in [6.45, 7) is 0.151. The van der Waals surface area contributed by atoms with Crippen molar-refractivity contribution in [2.24, 2.45) is 0 Å². The molecule has 5 nitrogen and oxygen atoms in total. The molecule has 0 aliphatic heterocycles. The van der Waals surface area contributed by atoms with Gasteiger partial charge < -0.3 is 20.6 Å². The third kappa shape index (κ3) is 3.99. The highest BCUT2D eigenvalue weighted by molar-refractivity contribution is 7.10. The zero-order valence-corrected chi connectivity index (χ0v) is 11.8. The highest BCUT2D eigenvalue weighted by Crippen LogP contribution is 2.24. The van der Waals surface area contributed by atoms with Crippen LogP contribution in [0, 0.1) is 11.8 Å². The van der Waals surface area contributed by atoms with Gasteiger partial charge in [0, 0.05) is 21.4 Å². The number of nitrogens with one attached hydrogen (secondary N) is 1. The number of phenolic OH excluding ortho intramolecular Hbond substituents is 2. The molecule has 2 aromatic rings. The minimum Gasteiger partial charge on any atom is -0.504 e. The fourth-order valence-corrected chi connectivity index (χ4v) is 2.37. The van der Waals surface area contributed by atoms with Gasteiger partial charge in [-0.15, -0.1) is 11.3 Å². The molecule has 6 heteroatoms. The summed E-state index contributed by atoms with van der Waals surface area (Å²) in [5, 5.41) is 31.7. The van der Waals surface area contributed by atoms with E-state index in [1.807, 2.05) is 11.4 Å². The van der Waals surface area contributed by atoms with Gasteiger partial charge in [-0.2, -0.15) is 0 Å². The van der Waals surface area contributed by atoms with Gasteiger partial charge in [-0.3, -0.25) is 4.79 Å². The maximum absolute atomic E-state index is 11.9. The Bertz CT molecular complexity index is 712. The number of aliphatic hydroxyl groups is 1. The second-order valence-electron chi connectivity index (χ2n) is 4.15. The molecule has 0 saturated carbocycles. The Labute approximate surface area is 125 Å². The summed E-state index contributed by atoms with van der Waals surface area (Å²) in [4.78, 5) is 12.8. The molecule has 2 rings (SSSR count). The first-order valence-electron chi connectivity index (χ1n) is 6.07. The van der Waals surface area contributed by atoms with E-state index in [1.54, 1.807) is 0 Å². The Balaban J connectivity index is 1.97. The molecule has 4 N–H and O–H groups in total. The van der Waals surface area contributed by atoms with E-state index in [0.717, 1.165) is 10.4 Å². The number of benzene rings is 1. The molecule has 21 heavy (non-hydrogen) atoms. The van der Waals surface area contributed by atoms with Gasteiger partial charge in [0.25, 0.3) is 5.91 Å².